The molecule has 2 aliphatic rings. The Morgan fingerprint density at radius 3 is 2.07 bits per heavy atom. The zero-order valence-corrected chi connectivity index (χ0v) is 20.0. The normalized spacial score (nSPS) is 23.0. The van der Waals surface area contributed by atoms with E-state index in [4.69, 9.17) is 23.7 Å². The Morgan fingerprint density at radius 2 is 1.57 bits per heavy atom. The van der Waals surface area contributed by atoms with Gasteiger partial charge in [-0.1, -0.05) is 39.8 Å². The fourth-order valence-corrected chi connectivity index (χ4v) is 2.94. The van der Waals surface area contributed by atoms with Crippen LogP contribution in [0.15, 0.2) is 49.6 Å². The van der Waals surface area contributed by atoms with Gasteiger partial charge in [-0.05, 0) is 51.0 Å². The van der Waals surface area contributed by atoms with Crippen molar-refractivity contribution in [3.63, 3.8) is 0 Å². The Balaban J connectivity index is 0.000000808. The van der Waals surface area contributed by atoms with E-state index in [1.807, 2.05) is 78.0 Å². The molecule has 0 aliphatic carbocycles. The van der Waals surface area contributed by atoms with Crippen molar-refractivity contribution in [1.29, 1.82) is 0 Å². The molecule has 172 valence electrons. The van der Waals surface area contributed by atoms with Gasteiger partial charge in [-0.3, -0.25) is 0 Å². The summed E-state index contributed by atoms with van der Waals surface area (Å²) in [6.45, 7) is 20.0. The molecule has 2 saturated heterocycles. The third-order valence-electron chi connectivity index (χ3n) is 4.13. The maximum Gasteiger partial charge on any atom is 0.163 e. The topological polar surface area (TPSA) is 46.2 Å². The van der Waals surface area contributed by atoms with E-state index in [9.17, 15) is 0 Å². The van der Waals surface area contributed by atoms with Crippen LogP contribution in [0, 0.1) is 0 Å². The maximum absolute atomic E-state index is 5.94. The van der Waals surface area contributed by atoms with E-state index in [0.29, 0.717) is 13.2 Å². The van der Waals surface area contributed by atoms with Gasteiger partial charge in [0.05, 0.1) is 13.2 Å². The number of hydrogen-bond donors (Lipinski definition) is 0. The van der Waals surface area contributed by atoms with Crippen LogP contribution in [0.25, 0.3) is 0 Å². The van der Waals surface area contributed by atoms with Gasteiger partial charge in [0, 0.05) is 6.61 Å². The van der Waals surface area contributed by atoms with Gasteiger partial charge in [-0.2, -0.15) is 0 Å². The molecule has 0 radical (unpaired) electrons. The summed E-state index contributed by atoms with van der Waals surface area (Å²) >= 11 is 0. The molecular formula is C25H42O5. The molecule has 30 heavy (non-hydrogen) atoms. The zero-order chi connectivity index (χ0) is 23.0. The SMILES string of the molecule is C=CCC=C.CC.CC.COc1ccc(OCC2OCCC3OC(C)(C)OC23)cc1. The summed E-state index contributed by atoms with van der Waals surface area (Å²) in [4.78, 5) is 0. The van der Waals surface area contributed by atoms with Crippen LogP contribution >= 0.6 is 0 Å². The molecule has 1 aromatic carbocycles. The molecule has 0 amide bonds. The predicted molar refractivity (Wildman–Crippen MR) is 124 cm³/mol. The molecule has 5 nitrogen and oxygen atoms in total. The summed E-state index contributed by atoms with van der Waals surface area (Å²) in [7, 11) is 1.64. The van der Waals surface area contributed by atoms with Crippen molar-refractivity contribution in [1.82, 2.24) is 0 Å². The number of allylic oxidation sites excluding steroid dienone is 2. The van der Waals surface area contributed by atoms with Gasteiger partial charge in [0.15, 0.2) is 5.79 Å². The average molecular weight is 423 g/mol. The van der Waals surface area contributed by atoms with Gasteiger partial charge in [0.1, 0.15) is 30.3 Å². The van der Waals surface area contributed by atoms with Crippen LogP contribution in [-0.2, 0) is 14.2 Å². The minimum absolute atomic E-state index is 0.0630. The molecule has 0 N–H and O–H groups in total. The Morgan fingerprint density at radius 1 is 1.00 bits per heavy atom. The standard InChI is InChI=1S/C16H22O5.C5H8.2C2H6/c1-16(2)20-13-8-9-18-14(15(13)21-16)10-19-12-6-4-11(17-3)5-7-12;1-3-5-4-2;2*1-2/h4-7,13-15H,8-10H2,1-3H3;3-4H,1-2,5H2;2*1-2H3. The highest BCUT2D eigenvalue weighted by molar-refractivity contribution is 5.31. The van der Waals surface area contributed by atoms with E-state index < -0.39 is 5.79 Å². The second-order valence-corrected chi connectivity index (χ2v) is 6.64. The van der Waals surface area contributed by atoms with Crippen molar-refractivity contribution < 1.29 is 23.7 Å². The summed E-state index contributed by atoms with van der Waals surface area (Å²) in [6, 6.07) is 7.51. The Bertz CT molecular complexity index is 561. The van der Waals surface area contributed by atoms with Crippen molar-refractivity contribution in [2.45, 2.75) is 78.5 Å². The number of ether oxygens (including phenoxy) is 5. The van der Waals surface area contributed by atoms with Crippen molar-refractivity contribution in [3.8, 4) is 11.5 Å². The molecule has 5 heteroatoms. The summed E-state index contributed by atoms with van der Waals surface area (Å²) < 4.78 is 28.6. The highest BCUT2D eigenvalue weighted by Crippen LogP contribution is 2.35. The summed E-state index contributed by atoms with van der Waals surface area (Å²) in [5, 5.41) is 0. The second kappa shape index (κ2) is 15.9. The van der Waals surface area contributed by atoms with Gasteiger partial charge < -0.3 is 23.7 Å². The Hall–Kier alpha value is -1.82. The lowest BCUT2D eigenvalue weighted by Gasteiger charge is -2.31. The molecule has 3 unspecified atom stereocenters. The molecule has 1 aromatic rings. The average Bonchev–Trinajstić information content (AvgIpc) is 3.11. The van der Waals surface area contributed by atoms with Crippen LogP contribution in [0.2, 0.25) is 0 Å². The lowest BCUT2D eigenvalue weighted by Crippen LogP contribution is -2.45. The lowest BCUT2D eigenvalue weighted by atomic mass is 10.0. The van der Waals surface area contributed by atoms with Gasteiger partial charge in [-0.15, -0.1) is 13.2 Å². The summed E-state index contributed by atoms with van der Waals surface area (Å²) in [6.07, 6.45) is 5.34. The molecular weight excluding hydrogens is 380 g/mol. The van der Waals surface area contributed by atoms with Gasteiger partial charge in [0.25, 0.3) is 0 Å². The van der Waals surface area contributed by atoms with Crippen LogP contribution < -0.4 is 9.47 Å². The third-order valence-corrected chi connectivity index (χ3v) is 4.13. The minimum atomic E-state index is -0.540. The zero-order valence-electron chi connectivity index (χ0n) is 20.0. The summed E-state index contributed by atoms with van der Waals surface area (Å²) in [5.74, 6) is 1.06. The first-order chi connectivity index (χ1) is 14.5. The number of fused-ring (bicyclic) bond motifs is 1. The fourth-order valence-electron chi connectivity index (χ4n) is 2.94. The highest BCUT2D eigenvalue weighted by atomic mass is 16.8. The Labute approximate surface area is 184 Å². The minimum Gasteiger partial charge on any atom is -0.497 e. The first-order valence-electron chi connectivity index (χ1n) is 10.9. The second-order valence-electron chi connectivity index (χ2n) is 6.64. The van der Waals surface area contributed by atoms with Crippen molar-refractivity contribution in [2.24, 2.45) is 0 Å². The summed E-state index contributed by atoms with van der Waals surface area (Å²) in [5.41, 5.74) is 0. The molecule has 0 bridgehead atoms. The van der Waals surface area contributed by atoms with Crippen LogP contribution in [0.3, 0.4) is 0 Å². The van der Waals surface area contributed by atoms with E-state index in [0.717, 1.165) is 24.3 Å². The molecule has 0 aromatic heterocycles. The molecule has 3 atom stereocenters. The number of methoxy groups -OCH3 is 1. The number of hydrogen-bond acceptors (Lipinski definition) is 5. The lowest BCUT2D eigenvalue weighted by molar-refractivity contribution is -0.156. The van der Waals surface area contributed by atoms with E-state index in [2.05, 4.69) is 13.2 Å². The highest BCUT2D eigenvalue weighted by Gasteiger charge is 2.47. The van der Waals surface area contributed by atoms with Gasteiger partial charge in [-0.25, -0.2) is 0 Å². The molecule has 3 rings (SSSR count). The smallest absolute Gasteiger partial charge is 0.163 e. The maximum atomic E-state index is 5.94. The first kappa shape index (κ1) is 28.2. The Kier molecular flexibility index (Phi) is 15.0. The molecule has 2 fully saturated rings. The molecule has 2 heterocycles. The van der Waals surface area contributed by atoms with E-state index in [1.54, 1.807) is 7.11 Å². The van der Waals surface area contributed by atoms with Gasteiger partial charge in [0.2, 0.25) is 0 Å². The molecule has 0 saturated carbocycles. The number of rotatable bonds is 6. The molecule has 0 spiro atoms. The largest absolute Gasteiger partial charge is 0.497 e. The van der Waals surface area contributed by atoms with Crippen LogP contribution in [0.1, 0.15) is 54.4 Å². The van der Waals surface area contributed by atoms with Crippen molar-refractivity contribution >= 4 is 0 Å². The van der Waals surface area contributed by atoms with Crippen molar-refractivity contribution in [2.75, 3.05) is 20.3 Å². The monoisotopic (exact) mass is 422 g/mol. The van der Waals surface area contributed by atoms with E-state index >= 15 is 0 Å². The quantitative estimate of drug-likeness (QED) is 0.512. The third kappa shape index (κ3) is 9.79. The number of benzene rings is 1. The van der Waals surface area contributed by atoms with Crippen LogP contribution in [-0.4, -0.2) is 44.4 Å². The predicted octanol–water partition coefficient (Wildman–Crippen LogP) is 6.18. The van der Waals surface area contributed by atoms with Crippen LogP contribution in [0.5, 0.6) is 11.5 Å². The fraction of sp³-hybridized carbons (Fsp3) is 0.600. The van der Waals surface area contributed by atoms with Crippen LogP contribution in [0.4, 0.5) is 0 Å². The molecule has 2 aliphatic heterocycles. The van der Waals surface area contributed by atoms with Gasteiger partial charge >= 0.3 is 0 Å². The first-order valence-corrected chi connectivity index (χ1v) is 10.9. The van der Waals surface area contributed by atoms with E-state index in [-0.39, 0.29) is 18.3 Å². The van der Waals surface area contributed by atoms with Crippen molar-refractivity contribution in [3.05, 3.63) is 49.6 Å². The van der Waals surface area contributed by atoms with E-state index in [1.165, 1.54) is 0 Å².